The van der Waals surface area contributed by atoms with Crippen LogP contribution in [0.15, 0.2) is 18.5 Å². The van der Waals surface area contributed by atoms with Crippen LogP contribution in [0.3, 0.4) is 0 Å². The highest BCUT2D eigenvalue weighted by molar-refractivity contribution is 5.97. The van der Waals surface area contributed by atoms with Crippen LogP contribution in [0.25, 0.3) is 5.65 Å². The second-order valence-corrected chi connectivity index (χ2v) is 4.60. The predicted molar refractivity (Wildman–Crippen MR) is 77.7 cm³/mol. The minimum atomic E-state index is -0.511. The highest BCUT2D eigenvalue weighted by Gasteiger charge is 2.20. The van der Waals surface area contributed by atoms with Gasteiger partial charge in [0, 0.05) is 19.4 Å². The molecule has 0 N–H and O–H groups in total. The molecule has 0 aromatic carbocycles. The van der Waals surface area contributed by atoms with Crippen LogP contribution >= 0.6 is 0 Å². The molecule has 0 unspecified atom stereocenters. The molecule has 0 fully saturated rings. The number of fused-ring (bicyclic) bond motifs is 1. The zero-order chi connectivity index (χ0) is 16.1. The van der Waals surface area contributed by atoms with Crippen molar-refractivity contribution >= 4 is 17.7 Å². The average Bonchev–Trinajstić information content (AvgIpc) is 2.83. The Labute approximate surface area is 127 Å². The first-order chi connectivity index (χ1) is 10.5. The molecule has 0 saturated heterocycles. The summed E-state index contributed by atoms with van der Waals surface area (Å²) in [6, 6.07) is 1.73. The first-order valence-corrected chi connectivity index (χ1v) is 6.89. The van der Waals surface area contributed by atoms with E-state index in [4.69, 9.17) is 9.47 Å². The third-order valence-corrected chi connectivity index (χ3v) is 3.01. The molecule has 0 saturated carbocycles. The van der Waals surface area contributed by atoms with Crippen molar-refractivity contribution in [2.24, 2.45) is 0 Å². The Morgan fingerprint density at radius 3 is 2.86 bits per heavy atom. The number of aryl methyl sites for hydroxylation is 1. The Morgan fingerprint density at radius 1 is 1.36 bits per heavy atom. The van der Waals surface area contributed by atoms with Gasteiger partial charge in [-0.2, -0.15) is 5.10 Å². The third kappa shape index (κ3) is 3.33. The lowest BCUT2D eigenvalue weighted by molar-refractivity contribution is 0.0458. The van der Waals surface area contributed by atoms with E-state index in [0.29, 0.717) is 23.5 Å². The maximum atomic E-state index is 12.2. The molecule has 0 bridgehead atoms. The van der Waals surface area contributed by atoms with Gasteiger partial charge in [0.25, 0.3) is 0 Å². The van der Waals surface area contributed by atoms with Crippen molar-refractivity contribution in [1.82, 2.24) is 19.5 Å². The van der Waals surface area contributed by atoms with Crippen molar-refractivity contribution in [2.75, 3.05) is 26.8 Å². The molecule has 0 aliphatic carbocycles. The topological polar surface area (TPSA) is 86.0 Å². The monoisotopic (exact) mass is 306 g/mol. The van der Waals surface area contributed by atoms with Crippen LogP contribution < -0.4 is 0 Å². The van der Waals surface area contributed by atoms with Crippen LogP contribution in [0.5, 0.6) is 0 Å². The van der Waals surface area contributed by atoms with E-state index in [2.05, 4.69) is 10.1 Å². The molecule has 0 aliphatic rings. The SMILES string of the molecule is CCOC(=O)N(C)CCOC(=O)c1c(C)nn2cccnc12. The number of esters is 1. The van der Waals surface area contributed by atoms with Gasteiger partial charge in [-0.1, -0.05) is 0 Å². The molecule has 8 heteroatoms. The van der Waals surface area contributed by atoms with Gasteiger partial charge in [0.1, 0.15) is 12.2 Å². The number of aromatic nitrogens is 3. The van der Waals surface area contributed by atoms with E-state index < -0.39 is 12.1 Å². The Hall–Kier alpha value is -2.64. The molecule has 0 atom stereocenters. The maximum Gasteiger partial charge on any atom is 0.409 e. The first kappa shape index (κ1) is 15.7. The molecular weight excluding hydrogens is 288 g/mol. The Balaban J connectivity index is 1.97. The van der Waals surface area contributed by atoms with Crippen LogP contribution in [0, 0.1) is 6.92 Å². The van der Waals surface area contributed by atoms with Crippen molar-refractivity contribution in [1.29, 1.82) is 0 Å². The zero-order valence-corrected chi connectivity index (χ0v) is 12.8. The molecule has 2 rings (SSSR count). The minimum Gasteiger partial charge on any atom is -0.460 e. The number of ether oxygens (including phenoxy) is 2. The van der Waals surface area contributed by atoms with Crippen molar-refractivity contribution in [2.45, 2.75) is 13.8 Å². The Morgan fingerprint density at radius 2 is 2.14 bits per heavy atom. The third-order valence-electron chi connectivity index (χ3n) is 3.01. The molecule has 2 aromatic heterocycles. The maximum absolute atomic E-state index is 12.2. The highest BCUT2D eigenvalue weighted by atomic mass is 16.6. The standard InChI is InChI=1S/C14H18N4O4/c1-4-21-14(20)17(3)8-9-22-13(19)11-10(2)16-18-7-5-6-15-12(11)18/h5-7H,4,8-9H2,1-3H3. The normalized spacial score (nSPS) is 10.5. The fraction of sp³-hybridized carbons (Fsp3) is 0.429. The van der Waals surface area contributed by atoms with Crippen molar-refractivity contribution < 1.29 is 19.1 Å². The van der Waals surface area contributed by atoms with Crippen molar-refractivity contribution in [3.63, 3.8) is 0 Å². The summed E-state index contributed by atoms with van der Waals surface area (Å²) in [6.07, 6.45) is 2.84. The molecule has 118 valence electrons. The number of amides is 1. The summed E-state index contributed by atoms with van der Waals surface area (Å²) in [4.78, 5) is 29.1. The van der Waals surface area contributed by atoms with E-state index in [1.54, 1.807) is 39.4 Å². The van der Waals surface area contributed by atoms with Gasteiger partial charge in [-0.25, -0.2) is 19.1 Å². The summed E-state index contributed by atoms with van der Waals surface area (Å²) >= 11 is 0. The number of likely N-dealkylation sites (N-methyl/N-ethyl adjacent to an activating group) is 1. The van der Waals surface area contributed by atoms with Crippen LogP contribution in [0.1, 0.15) is 23.0 Å². The van der Waals surface area contributed by atoms with Crippen LogP contribution in [-0.2, 0) is 9.47 Å². The second-order valence-electron chi connectivity index (χ2n) is 4.60. The van der Waals surface area contributed by atoms with Gasteiger partial charge in [-0.3, -0.25) is 0 Å². The molecule has 0 radical (unpaired) electrons. The van der Waals surface area contributed by atoms with E-state index in [1.165, 1.54) is 9.42 Å². The van der Waals surface area contributed by atoms with Crippen molar-refractivity contribution in [3.05, 3.63) is 29.7 Å². The molecule has 1 amide bonds. The van der Waals surface area contributed by atoms with Gasteiger partial charge in [0.05, 0.1) is 18.8 Å². The van der Waals surface area contributed by atoms with E-state index in [1.807, 2.05) is 0 Å². The second kappa shape index (κ2) is 6.88. The summed E-state index contributed by atoms with van der Waals surface area (Å²) in [5.74, 6) is -0.511. The molecule has 2 aromatic rings. The van der Waals surface area contributed by atoms with Gasteiger partial charge in [0.15, 0.2) is 5.65 Å². The van der Waals surface area contributed by atoms with Gasteiger partial charge in [-0.15, -0.1) is 0 Å². The van der Waals surface area contributed by atoms with Gasteiger partial charge in [-0.05, 0) is 19.9 Å². The van der Waals surface area contributed by atoms with Crippen LogP contribution in [-0.4, -0.2) is 58.4 Å². The Kier molecular flexibility index (Phi) is 4.92. The largest absolute Gasteiger partial charge is 0.460 e. The van der Waals surface area contributed by atoms with E-state index >= 15 is 0 Å². The quantitative estimate of drug-likeness (QED) is 0.774. The number of hydrogen-bond acceptors (Lipinski definition) is 6. The van der Waals surface area contributed by atoms with E-state index in [-0.39, 0.29) is 13.2 Å². The number of carbonyl (C=O) groups is 2. The lowest BCUT2D eigenvalue weighted by Gasteiger charge is -2.16. The molecular formula is C14H18N4O4. The number of nitrogens with zero attached hydrogens (tertiary/aromatic N) is 4. The van der Waals surface area contributed by atoms with Crippen LogP contribution in [0.2, 0.25) is 0 Å². The number of carbonyl (C=O) groups excluding carboxylic acids is 2. The summed E-state index contributed by atoms with van der Waals surface area (Å²) in [7, 11) is 1.58. The van der Waals surface area contributed by atoms with Gasteiger partial charge in [0.2, 0.25) is 0 Å². The molecule has 0 aliphatic heterocycles. The number of hydrogen-bond donors (Lipinski definition) is 0. The summed E-state index contributed by atoms with van der Waals surface area (Å²) < 4.78 is 11.6. The average molecular weight is 306 g/mol. The minimum absolute atomic E-state index is 0.0672. The van der Waals surface area contributed by atoms with E-state index in [9.17, 15) is 9.59 Å². The number of rotatable bonds is 5. The van der Waals surface area contributed by atoms with Gasteiger partial charge < -0.3 is 14.4 Å². The lowest BCUT2D eigenvalue weighted by atomic mass is 10.2. The fourth-order valence-electron chi connectivity index (χ4n) is 1.91. The van der Waals surface area contributed by atoms with E-state index in [0.717, 1.165) is 0 Å². The summed E-state index contributed by atoms with van der Waals surface area (Å²) in [5.41, 5.74) is 1.32. The first-order valence-electron chi connectivity index (χ1n) is 6.89. The molecule has 8 nitrogen and oxygen atoms in total. The van der Waals surface area contributed by atoms with Crippen LogP contribution in [0.4, 0.5) is 4.79 Å². The molecule has 22 heavy (non-hydrogen) atoms. The smallest absolute Gasteiger partial charge is 0.409 e. The zero-order valence-electron chi connectivity index (χ0n) is 12.8. The lowest BCUT2D eigenvalue weighted by Crippen LogP contribution is -2.31. The highest BCUT2D eigenvalue weighted by Crippen LogP contribution is 2.13. The van der Waals surface area contributed by atoms with Gasteiger partial charge >= 0.3 is 12.1 Å². The molecule has 2 heterocycles. The summed E-state index contributed by atoms with van der Waals surface area (Å²) in [6.45, 7) is 4.06. The molecule has 0 spiro atoms. The summed E-state index contributed by atoms with van der Waals surface area (Å²) in [5, 5.41) is 4.20. The fourth-order valence-corrected chi connectivity index (χ4v) is 1.91. The van der Waals surface area contributed by atoms with Crippen molar-refractivity contribution in [3.8, 4) is 0 Å². The Bertz CT molecular complexity index is 683. The predicted octanol–water partition coefficient (Wildman–Crippen LogP) is 1.28.